The van der Waals surface area contributed by atoms with E-state index in [-0.39, 0.29) is 0 Å². The average Bonchev–Trinajstić information content (AvgIpc) is 2.44. The minimum atomic E-state index is -6.15. The highest BCUT2D eigenvalue weighted by Gasteiger charge is 2.40. The van der Waals surface area contributed by atoms with Gasteiger partial charge >= 0.3 is 38.8 Å². The van der Waals surface area contributed by atoms with Crippen LogP contribution in [0.3, 0.4) is 0 Å². The minimum absolute atomic E-state index is 0.555. The lowest BCUT2D eigenvalue weighted by molar-refractivity contribution is 0.399. The summed E-state index contributed by atoms with van der Waals surface area (Å²) < 4.78 is 114. The SMILES string of the molecule is COP1(F)=NP(F)(F)=NP(F)(OC)=NP(F)(OC)=NP(F)(OC)=N1. The third kappa shape index (κ3) is 5.79. The Morgan fingerprint density at radius 2 is 0.708 bits per heavy atom. The predicted molar refractivity (Wildman–Crippen MR) is 81.4 cm³/mol. The van der Waals surface area contributed by atoms with E-state index in [0.717, 1.165) is 0 Å². The molecular formula is C4H12F6N5O4P5. The lowest BCUT2D eigenvalue weighted by atomic mass is 11.8. The van der Waals surface area contributed by atoms with Crippen molar-refractivity contribution in [2.75, 3.05) is 28.4 Å². The van der Waals surface area contributed by atoms with Crippen LogP contribution in [-0.4, -0.2) is 28.4 Å². The largest absolute Gasteiger partial charge is 0.425 e. The monoisotopic (exact) mass is 463 g/mol. The summed E-state index contributed by atoms with van der Waals surface area (Å²) in [4.78, 5) is 0. The van der Waals surface area contributed by atoms with Crippen LogP contribution in [0.5, 0.6) is 0 Å². The molecule has 0 aliphatic carbocycles. The molecule has 9 nitrogen and oxygen atoms in total. The first kappa shape index (κ1) is 22.6. The molecule has 144 valence electrons. The fourth-order valence-corrected chi connectivity index (χ4v) is 11.1. The van der Waals surface area contributed by atoms with Gasteiger partial charge in [0.15, 0.2) is 0 Å². The fourth-order valence-electron chi connectivity index (χ4n) is 1.06. The third-order valence-electron chi connectivity index (χ3n) is 2.03. The Morgan fingerprint density at radius 1 is 0.458 bits per heavy atom. The lowest BCUT2D eigenvalue weighted by Crippen LogP contribution is -1.83. The zero-order valence-electron chi connectivity index (χ0n) is 12.4. The molecule has 1 aliphatic heterocycles. The van der Waals surface area contributed by atoms with E-state index in [1.165, 1.54) is 0 Å². The summed E-state index contributed by atoms with van der Waals surface area (Å²) in [6, 6.07) is 0. The van der Waals surface area contributed by atoms with Crippen molar-refractivity contribution in [3.05, 3.63) is 0 Å². The Bertz CT molecular complexity index is 764. The number of rotatable bonds is 4. The molecule has 0 spiro atoms. The molecule has 20 heteroatoms. The molecular weight excluding hydrogens is 451 g/mol. The van der Waals surface area contributed by atoms with Gasteiger partial charge in [-0.05, 0) is 0 Å². The Kier molecular flexibility index (Phi) is 7.22. The van der Waals surface area contributed by atoms with Gasteiger partial charge in [-0.15, -0.1) is 31.0 Å². The van der Waals surface area contributed by atoms with Gasteiger partial charge in [-0.1, -0.05) is 0 Å². The molecule has 0 amide bonds. The van der Waals surface area contributed by atoms with E-state index in [9.17, 15) is 25.2 Å². The zero-order chi connectivity index (χ0) is 18.9. The molecule has 1 aliphatic rings. The number of halogens is 6. The first-order valence-electron chi connectivity index (χ1n) is 5.38. The van der Waals surface area contributed by atoms with E-state index in [1.54, 1.807) is 0 Å². The molecule has 1 rings (SSSR count). The van der Waals surface area contributed by atoms with Gasteiger partial charge in [0.05, 0.1) is 0 Å². The van der Waals surface area contributed by atoms with Crippen molar-refractivity contribution >= 4 is 38.8 Å². The van der Waals surface area contributed by atoms with Crippen LogP contribution in [0.2, 0.25) is 0 Å². The second kappa shape index (κ2) is 7.67. The fraction of sp³-hybridized carbons (Fsp3) is 1.00. The van der Waals surface area contributed by atoms with Crippen molar-refractivity contribution in [2.24, 2.45) is 22.6 Å². The van der Waals surface area contributed by atoms with Crippen LogP contribution in [0.15, 0.2) is 22.6 Å². The van der Waals surface area contributed by atoms with Gasteiger partial charge in [0.2, 0.25) is 0 Å². The van der Waals surface area contributed by atoms with Crippen LogP contribution in [0.1, 0.15) is 0 Å². The molecule has 0 fully saturated rings. The summed E-state index contributed by atoms with van der Waals surface area (Å²) in [5, 5.41) is 0. The van der Waals surface area contributed by atoms with Gasteiger partial charge in [0, 0.05) is 28.4 Å². The van der Waals surface area contributed by atoms with Crippen molar-refractivity contribution in [1.82, 2.24) is 0 Å². The lowest BCUT2D eigenvalue weighted by Gasteiger charge is -2.18. The zero-order valence-corrected chi connectivity index (χ0v) is 16.8. The molecule has 24 heavy (non-hydrogen) atoms. The molecule has 1 heterocycles. The van der Waals surface area contributed by atoms with E-state index in [0.29, 0.717) is 28.4 Å². The molecule has 0 aromatic carbocycles. The summed E-state index contributed by atoms with van der Waals surface area (Å²) in [6.45, 7) is 0. The van der Waals surface area contributed by atoms with E-state index in [1.807, 2.05) is 0 Å². The quantitative estimate of drug-likeness (QED) is 0.311. The Labute approximate surface area is 134 Å². The van der Waals surface area contributed by atoms with Crippen LogP contribution in [0, 0.1) is 0 Å². The van der Waals surface area contributed by atoms with E-state index in [4.69, 9.17) is 0 Å². The summed E-state index contributed by atoms with van der Waals surface area (Å²) in [5.74, 6) is 0. The van der Waals surface area contributed by atoms with Gasteiger partial charge in [0.25, 0.3) is 0 Å². The first-order chi connectivity index (χ1) is 10.8. The van der Waals surface area contributed by atoms with Crippen molar-refractivity contribution in [1.29, 1.82) is 0 Å². The van der Waals surface area contributed by atoms with Crippen LogP contribution in [0.4, 0.5) is 25.2 Å². The molecule has 4 unspecified atom stereocenters. The van der Waals surface area contributed by atoms with E-state index in [2.05, 4.69) is 40.7 Å². The van der Waals surface area contributed by atoms with Gasteiger partial charge in [-0.25, -0.2) is 0 Å². The highest BCUT2D eigenvalue weighted by atomic mass is 31.3. The highest BCUT2D eigenvalue weighted by molar-refractivity contribution is 7.78. The standard InChI is InChI=1S/C4H12F6N5O4P5/c1-16-21(7)11-20(5,6)12-22(8,17-2)14-24(10,19-4)15-23(9,13-21)18-3/h1-4H3. The maximum absolute atomic E-state index is 14.5. The van der Waals surface area contributed by atoms with Crippen molar-refractivity contribution in [3.63, 3.8) is 0 Å². The molecule has 0 bridgehead atoms. The van der Waals surface area contributed by atoms with E-state index < -0.39 is 38.8 Å². The maximum Gasteiger partial charge on any atom is 0.425 e. The third-order valence-corrected chi connectivity index (χ3v) is 12.7. The Balaban J connectivity index is 4.13. The number of hydrogen-bond donors (Lipinski definition) is 0. The second-order valence-electron chi connectivity index (χ2n) is 3.52. The van der Waals surface area contributed by atoms with Crippen LogP contribution >= 0.6 is 38.8 Å². The molecule has 0 aromatic rings. The van der Waals surface area contributed by atoms with Gasteiger partial charge < -0.3 is 18.1 Å². The summed E-state index contributed by atoms with van der Waals surface area (Å²) in [7, 11) is -25.1. The summed E-state index contributed by atoms with van der Waals surface area (Å²) in [5.41, 5.74) is 0. The average molecular weight is 463 g/mol. The van der Waals surface area contributed by atoms with Gasteiger partial charge in [0.1, 0.15) is 0 Å². The maximum atomic E-state index is 14.5. The van der Waals surface area contributed by atoms with Gasteiger partial charge in [-0.2, -0.15) is 16.8 Å². The van der Waals surface area contributed by atoms with E-state index >= 15 is 0 Å². The van der Waals surface area contributed by atoms with Crippen LogP contribution in [-0.2, 0) is 18.1 Å². The summed E-state index contributed by atoms with van der Waals surface area (Å²) >= 11 is 0. The molecule has 0 radical (unpaired) electrons. The molecule has 0 saturated heterocycles. The predicted octanol–water partition coefficient (Wildman–Crippen LogP) is 8.13. The van der Waals surface area contributed by atoms with Crippen LogP contribution < -0.4 is 0 Å². The molecule has 0 saturated carbocycles. The van der Waals surface area contributed by atoms with Gasteiger partial charge in [-0.3, -0.25) is 0 Å². The normalized spacial score (nSPS) is 42.6. The second-order valence-corrected chi connectivity index (χ2v) is 13.3. The topological polar surface area (TPSA) is 98.7 Å². The smallest absolute Gasteiger partial charge is 0.306 e. The molecule has 4 atom stereocenters. The molecule has 0 aromatic heterocycles. The van der Waals surface area contributed by atoms with Crippen molar-refractivity contribution in [3.8, 4) is 0 Å². The Morgan fingerprint density at radius 3 is 1.00 bits per heavy atom. The Hall–Kier alpha value is 0.570. The van der Waals surface area contributed by atoms with Crippen molar-refractivity contribution < 1.29 is 43.3 Å². The molecule has 0 N–H and O–H groups in total. The van der Waals surface area contributed by atoms with Crippen LogP contribution in [0.25, 0.3) is 0 Å². The number of nitrogens with zero attached hydrogens (tertiary/aromatic N) is 5. The first-order valence-corrected chi connectivity index (χ1v) is 12.9. The number of hydrogen-bond acceptors (Lipinski definition) is 9. The highest BCUT2D eigenvalue weighted by Crippen LogP contribution is 2.81. The van der Waals surface area contributed by atoms with Crippen molar-refractivity contribution in [2.45, 2.75) is 0 Å². The summed E-state index contributed by atoms with van der Waals surface area (Å²) in [6.07, 6.45) is 0. The minimum Gasteiger partial charge on any atom is -0.306 e.